The van der Waals surface area contributed by atoms with Crippen molar-refractivity contribution in [3.8, 4) is 5.75 Å². The second-order valence-electron chi connectivity index (χ2n) is 7.48. The van der Waals surface area contributed by atoms with Crippen LogP contribution < -0.4 is 4.74 Å². The Morgan fingerprint density at radius 1 is 1.03 bits per heavy atom. The molecular formula is C25H22O4S. The quantitative estimate of drug-likeness (QED) is 0.538. The molecule has 2 aliphatic heterocycles. The average molecular weight is 419 g/mol. The van der Waals surface area contributed by atoms with E-state index in [-0.39, 0.29) is 5.78 Å². The third kappa shape index (κ3) is 2.77. The third-order valence-corrected chi connectivity index (χ3v) is 6.75. The molecule has 1 spiro atoms. The molecule has 0 saturated carbocycles. The number of ketones is 1. The summed E-state index contributed by atoms with van der Waals surface area (Å²) in [7, 11) is 0. The zero-order valence-electron chi connectivity index (χ0n) is 16.7. The number of para-hydroxylation sites is 1. The highest BCUT2D eigenvalue weighted by molar-refractivity contribution is 7.10. The minimum atomic E-state index is -1.38. The number of carbonyl (C=O) groups is 1. The van der Waals surface area contributed by atoms with E-state index in [0.717, 1.165) is 16.0 Å². The van der Waals surface area contributed by atoms with Crippen molar-refractivity contribution in [2.75, 3.05) is 13.2 Å². The predicted molar refractivity (Wildman–Crippen MR) is 116 cm³/mol. The van der Waals surface area contributed by atoms with E-state index in [9.17, 15) is 4.79 Å². The Morgan fingerprint density at radius 3 is 2.57 bits per heavy atom. The molecule has 0 bridgehead atoms. The van der Waals surface area contributed by atoms with Gasteiger partial charge in [-0.15, -0.1) is 11.3 Å². The van der Waals surface area contributed by atoms with Crippen molar-refractivity contribution in [1.82, 2.24) is 0 Å². The van der Waals surface area contributed by atoms with Gasteiger partial charge in [0.15, 0.2) is 0 Å². The van der Waals surface area contributed by atoms with Crippen molar-refractivity contribution in [2.24, 2.45) is 0 Å². The van der Waals surface area contributed by atoms with Crippen molar-refractivity contribution < 1.29 is 19.0 Å². The van der Waals surface area contributed by atoms with Crippen LogP contribution in [0, 0.1) is 0 Å². The Hall–Kier alpha value is -2.73. The number of rotatable bonds is 5. The summed E-state index contributed by atoms with van der Waals surface area (Å²) in [5.74, 6) is -0.980. The fourth-order valence-electron chi connectivity index (χ4n) is 4.31. The number of ether oxygens (including phenoxy) is 3. The van der Waals surface area contributed by atoms with Crippen LogP contribution >= 0.6 is 11.3 Å². The first kappa shape index (κ1) is 19.2. The maximum absolute atomic E-state index is 13.9. The maximum atomic E-state index is 13.9. The number of hydrogen-bond acceptors (Lipinski definition) is 5. The molecule has 2 atom stereocenters. The van der Waals surface area contributed by atoms with Crippen LogP contribution in [0.25, 0.3) is 0 Å². The molecule has 3 aromatic rings. The van der Waals surface area contributed by atoms with Crippen LogP contribution in [-0.2, 0) is 21.7 Å². The van der Waals surface area contributed by atoms with Crippen molar-refractivity contribution in [3.63, 3.8) is 0 Å². The molecule has 0 radical (unpaired) electrons. The molecule has 0 aliphatic carbocycles. The molecule has 0 saturated heterocycles. The van der Waals surface area contributed by atoms with E-state index in [1.54, 1.807) is 6.07 Å². The van der Waals surface area contributed by atoms with Crippen LogP contribution in [0.15, 0.2) is 83.8 Å². The van der Waals surface area contributed by atoms with Crippen LogP contribution in [-0.4, -0.2) is 24.6 Å². The van der Waals surface area contributed by atoms with Gasteiger partial charge in [0, 0.05) is 0 Å². The van der Waals surface area contributed by atoms with E-state index < -0.39 is 11.4 Å². The second kappa shape index (κ2) is 7.51. The van der Waals surface area contributed by atoms with Crippen molar-refractivity contribution >= 4 is 17.1 Å². The Labute approximate surface area is 179 Å². The molecule has 4 nitrogen and oxygen atoms in total. The molecule has 2 unspecified atom stereocenters. The van der Waals surface area contributed by atoms with Gasteiger partial charge in [0.2, 0.25) is 11.4 Å². The summed E-state index contributed by atoms with van der Waals surface area (Å²) in [6.45, 7) is 2.65. The van der Waals surface area contributed by atoms with Gasteiger partial charge in [0.25, 0.3) is 5.79 Å². The lowest BCUT2D eigenvalue weighted by Crippen LogP contribution is -2.64. The molecule has 2 aliphatic rings. The topological polar surface area (TPSA) is 44.8 Å². The SMILES string of the molecule is CC1=CCOC12C(=O)c1ccccc1OC2(OCCc1ccccc1)c1cccs1. The Bertz CT molecular complexity index is 1090. The summed E-state index contributed by atoms with van der Waals surface area (Å²) < 4.78 is 19.4. The van der Waals surface area contributed by atoms with Crippen LogP contribution in [0.4, 0.5) is 0 Å². The molecule has 5 rings (SSSR count). The fourth-order valence-corrected chi connectivity index (χ4v) is 5.17. The molecule has 1 aromatic heterocycles. The van der Waals surface area contributed by atoms with Gasteiger partial charge in [-0.25, -0.2) is 0 Å². The number of hydrogen-bond donors (Lipinski definition) is 0. The van der Waals surface area contributed by atoms with Gasteiger partial charge in [0.1, 0.15) is 5.75 Å². The number of Topliss-reactive ketones (excluding diaryl/α,β-unsaturated/α-hetero) is 1. The van der Waals surface area contributed by atoms with Gasteiger partial charge < -0.3 is 14.2 Å². The van der Waals surface area contributed by atoms with Gasteiger partial charge in [0.05, 0.1) is 23.7 Å². The molecule has 3 heterocycles. The monoisotopic (exact) mass is 418 g/mol. The number of benzene rings is 2. The van der Waals surface area contributed by atoms with E-state index in [0.29, 0.717) is 30.9 Å². The summed E-state index contributed by atoms with van der Waals surface area (Å²) >= 11 is 1.50. The second-order valence-corrected chi connectivity index (χ2v) is 8.43. The zero-order chi connectivity index (χ0) is 20.6. The zero-order valence-corrected chi connectivity index (χ0v) is 17.5. The largest absolute Gasteiger partial charge is 0.452 e. The fraction of sp³-hybridized carbons (Fsp3) is 0.240. The third-order valence-electron chi connectivity index (χ3n) is 5.80. The van der Waals surface area contributed by atoms with Crippen LogP contribution in [0.2, 0.25) is 0 Å². The summed E-state index contributed by atoms with van der Waals surface area (Å²) in [4.78, 5) is 14.7. The van der Waals surface area contributed by atoms with Gasteiger partial charge in [-0.3, -0.25) is 4.79 Å². The average Bonchev–Trinajstić information content (AvgIpc) is 3.44. The van der Waals surface area contributed by atoms with Crippen LogP contribution in [0.3, 0.4) is 0 Å². The van der Waals surface area contributed by atoms with Gasteiger partial charge in [-0.2, -0.15) is 0 Å². The van der Waals surface area contributed by atoms with Gasteiger partial charge in [-0.05, 0) is 48.1 Å². The van der Waals surface area contributed by atoms with Crippen molar-refractivity contribution in [1.29, 1.82) is 0 Å². The predicted octanol–water partition coefficient (Wildman–Crippen LogP) is 5.15. The van der Waals surface area contributed by atoms with Crippen molar-refractivity contribution in [2.45, 2.75) is 24.7 Å². The lowest BCUT2D eigenvalue weighted by Gasteiger charge is -2.49. The highest BCUT2D eigenvalue weighted by atomic mass is 32.1. The minimum absolute atomic E-state index is 0.122. The Balaban J connectivity index is 1.62. The Morgan fingerprint density at radius 2 is 1.83 bits per heavy atom. The van der Waals surface area contributed by atoms with E-state index >= 15 is 0 Å². The Kier molecular flexibility index (Phi) is 4.82. The summed E-state index contributed by atoms with van der Waals surface area (Å²) in [6.07, 6.45) is 2.64. The molecule has 0 amide bonds. The minimum Gasteiger partial charge on any atom is -0.452 e. The van der Waals surface area contributed by atoms with Crippen LogP contribution in [0.1, 0.15) is 27.7 Å². The van der Waals surface area contributed by atoms with E-state index in [4.69, 9.17) is 14.2 Å². The number of carbonyl (C=O) groups excluding carboxylic acids is 1. The van der Waals surface area contributed by atoms with E-state index in [2.05, 4.69) is 12.1 Å². The highest BCUT2D eigenvalue weighted by Gasteiger charge is 2.68. The smallest absolute Gasteiger partial charge is 0.287 e. The first-order valence-electron chi connectivity index (χ1n) is 10.0. The maximum Gasteiger partial charge on any atom is 0.287 e. The molecule has 152 valence electrons. The molecule has 5 heteroatoms. The van der Waals surface area contributed by atoms with Gasteiger partial charge >= 0.3 is 0 Å². The highest BCUT2D eigenvalue weighted by Crippen LogP contribution is 2.54. The number of thiophene rings is 1. The summed E-state index contributed by atoms with van der Waals surface area (Å²) in [5, 5.41) is 1.97. The molecule has 0 fully saturated rings. The summed E-state index contributed by atoms with van der Waals surface area (Å²) in [6, 6.07) is 21.4. The molecule has 30 heavy (non-hydrogen) atoms. The molecule has 2 aromatic carbocycles. The first-order valence-corrected chi connectivity index (χ1v) is 10.9. The lowest BCUT2D eigenvalue weighted by atomic mass is 9.76. The van der Waals surface area contributed by atoms with Crippen LogP contribution in [0.5, 0.6) is 5.75 Å². The van der Waals surface area contributed by atoms with Gasteiger partial charge in [-0.1, -0.05) is 54.6 Å². The molecular weight excluding hydrogens is 396 g/mol. The normalized spacial score (nSPS) is 25.1. The van der Waals surface area contributed by atoms with Crippen molar-refractivity contribution in [3.05, 3.63) is 99.8 Å². The summed E-state index contributed by atoms with van der Waals surface area (Å²) in [5.41, 5.74) is 1.15. The van der Waals surface area contributed by atoms with E-state index in [1.807, 2.05) is 66.9 Å². The molecule has 0 N–H and O–H groups in total. The van der Waals surface area contributed by atoms with E-state index in [1.165, 1.54) is 11.3 Å². The standard InChI is InChI=1S/C25H22O4S/c1-18-13-15-27-24(18)23(26)20-10-5-6-11-21(20)29-25(24,22-12-7-17-30-22)28-16-14-19-8-3-2-4-9-19/h2-13,17H,14-16H2,1H3. The lowest BCUT2D eigenvalue weighted by molar-refractivity contribution is -0.271. The first-order chi connectivity index (χ1) is 14.7. The number of fused-ring (bicyclic) bond motifs is 1.